The SMILES string of the molecule is CCC1CNC(C)CN1c1ccc(Cl)cc1Cl. The van der Waals surface area contributed by atoms with Gasteiger partial charge in [-0.25, -0.2) is 0 Å². The van der Waals surface area contributed by atoms with Crippen LogP contribution in [0.2, 0.25) is 10.0 Å². The molecule has 2 rings (SSSR count). The Bertz CT molecular complexity index is 395. The summed E-state index contributed by atoms with van der Waals surface area (Å²) in [5, 5.41) is 4.93. The Balaban J connectivity index is 2.28. The van der Waals surface area contributed by atoms with E-state index in [1.807, 2.05) is 18.2 Å². The summed E-state index contributed by atoms with van der Waals surface area (Å²) in [7, 11) is 0. The highest BCUT2D eigenvalue weighted by Crippen LogP contribution is 2.31. The average Bonchev–Trinajstić information content (AvgIpc) is 2.29. The second-order valence-corrected chi connectivity index (χ2v) is 5.46. The number of nitrogens with zero attached hydrogens (tertiary/aromatic N) is 1. The Morgan fingerprint density at radius 1 is 1.41 bits per heavy atom. The molecule has 0 aromatic heterocycles. The van der Waals surface area contributed by atoms with Gasteiger partial charge in [0.25, 0.3) is 0 Å². The van der Waals surface area contributed by atoms with Crippen LogP contribution in [0.3, 0.4) is 0 Å². The van der Waals surface area contributed by atoms with E-state index < -0.39 is 0 Å². The minimum absolute atomic E-state index is 0.490. The van der Waals surface area contributed by atoms with Gasteiger partial charge in [-0.1, -0.05) is 30.1 Å². The first-order valence-corrected chi connectivity index (χ1v) is 6.82. The number of hydrogen-bond donors (Lipinski definition) is 1. The Labute approximate surface area is 113 Å². The van der Waals surface area contributed by atoms with Crippen LogP contribution in [0.4, 0.5) is 5.69 Å². The van der Waals surface area contributed by atoms with E-state index in [0.29, 0.717) is 17.1 Å². The van der Waals surface area contributed by atoms with Crippen molar-refractivity contribution < 1.29 is 0 Å². The quantitative estimate of drug-likeness (QED) is 0.886. The second-order valence-electron chi connectivity index (χ2n) is 4.62. The van der Waals surface area contributed by atoms with Crippen LogP contribution in [0, 0.1) is 0 Å². The molecule has 0 amide bonds. The third-order valence-corrected chi connectivity index (χ3v) is 3.84. The highest BCUT2D eigenvalue weighted by atomic mass is 35.5. The molecule has 1 heterocycles. The highest BCUT2D eigenvalue weighted by molar-refractivity contribution is 6.36. The number of rotatable bonds is 2. The lowest BCUT2D eigenvalue weighted by atomic mass is 10.1. The Hall–Kier alpha value is -0.440. The van der Waals surface area contributed by atoms with Gasteiger partial charge in [-0.15, -0.1) is 0 Å². The van der Waals surface area contributed by atoms with Crippen LogP contribution < -0.4 is 10.2 Å². The number of halogens is 2. The Morgan fingerprint density at radius 2 is 2.18 bits per heavy atom. The van der Waals surface area contributed by atoms with E-state index in [1.165, 1.54) is 0 Å². The van der Waals surface area contributed by atoms with E-state index in [0.717, 1.165) is 30.2 Å². The summed E-state index contributed by atoms with van der Waals surface area (Å²) in [6, 6.07) is 6.74. The van der Waals surface area contributed by atoms with Gasteiger partial charge in [0, 0.05) is 30.2 Å². The lowest BCUT2D eigenvalue weighted by Gasteiger charge is -2.41. The Morgan fingerprint density at radius 3 is 2.82 bits per heavy atom. The minimum atomic E-state index is 0.490. The van der Waals surface area contributed by atoms with E-state index in [2.05, 4.69) is 24.1 Å². The first kappa shape index (κ1) is 13.0. The fourth-order valence-electron chi connectivity index (χ4n) is 2.33. The largest absolute Gasteiger partial charge is 0.365 e. The van der Waals surface area contributed by atoms with Gasteiger partial charge in [0.15, 0.2) is 0 Å². The van der Waals surface area contributed by atoms with Gasteiger partial charge in [-0.2, -0.15) is 0 Å². The molecule has 17 heavy (non-hydrogen) atoms. The van der Waals surface area contributed by atoms with Crippen molar-refractivity contribution in [1.82, 2.24) is 5.32 Å². The molecule has 2 atom stereocenters. The van der Waals surface area contributed by atoms with E-state index in [-0.39, 0.29) is 0 Å². The molecule has 0 saturated carbocycles. The molecule has 1 aromatic rings. The predicted octanol–water partition coefficient (Wildman–Crippen LogP) is 3.57. The number of anilines is 1. The molecule has 0 bridgehead atoms. The van der Waals surface area contributed by atoms with Gasteiger partial charge in [-0.05, 0) is 31.5 Å². The Kier molecular flexibility index (Phi) is 4.18. The molecule has 1 aromatic carbocycles. The second kappa shape index (κ2) is 5.47. The molecule has 1 aliphatic heterocycles. The van der Waals surface area contributed by atoms with Gasteiger partial charge in [0.1, 0.15) is 0 Å². The van der Waals surface area contributed by atoms with E-state index in [4.69, 9.17) is 23.2 Å². The lowest BCUT2D eigenvalue weighted by Crippen LogP contribution is -2.55. The van der Waals surface area contributed by atoms with Crippen LogP contribution in [0.1, 0.15) is 20.3 Å². The van der Waals surface area contributed by atoms with Gasteiger partial charge in [0.05, 0.1) is 10.7 Å². The molecule has 0 spiro atoms. The summed E-state index contributed by atoms with van der Waals surface area (Å²) in [6.45, 7) is 6.40. The van der Waals surface area contributed by atoms with E-state index >= 15 is 0 Å². The fraction of sp³-hybridized carbons (Fsp3) is 0.538. The van der Waals surface area contributed by atoms with Crippen molar-refractivity contribution in [3.63, 3.8) is 0 Å². The maximum atomic E-state index is 6.29. The molecular weight excluding hydrogens is 255 g/mol. The van der Waals surface area contributed by atoms with Gasteiger partial charge in [-0.3, -0.25) is 0 Å². The maximum absolute atomic E-state index is 6.29. The lowest BCUT2D eigenvalue weighted by molar-refractivity contribution is 0.402. The standard InChI is InChI=1S/C13H18Cl2N2/c1-3-11-7-16-9(2)8-17(11)13-5-4-10(14)6-12(13)15/h4-6,9,11,16H,3,7-8H2,1-2H3. The van der Waals surface area contributed by atoms with Crippen molar-refractivity contribution in [2.24, 2.45) is 0 Å². The highest BCUT2D eigenvalue weighted by Gasteiger charge is 2.25. The summed E-state index contributed by atoms with van der Waals surface area (Å²) in [6.07, 6.45) is 1.11. The molecular formula is C13H18Cl2N2. The van der Waals surface area contributed by atoms with E-state index in [9.17, 15) is 0 Å². The number of hydrogen-bond acceptors (Lipinski definition) is 2. The number of nitrogens with one attached hydrogen (secondary N) is 1. The van der Waals surface area contributed by atoms with Gasteiger partial charge >= 0.3 is 0 Å². The zero-order chi connectivity index (χ0) is 12.4. The van der Waals surface area contributed by atoms with Crippen LogP contribution >= 0.6 is 23.2 Å². The number of piperazine rings is 1. The van der Waals surface area contributed by atoms with Crippen LogP contribution in [0.25, 0.3) is 0 Å². The van der Waals surface area contributed by atoms with Crippen molar-refractivity contribution in [1.29, 1.82) is 0 Å². The van der Waals surface area contributed by atoms with Crippen LogP contribution in [0.15, 0.2) is 18.2 Å². The van der Waals surface area contributed by atoms with Gasteiger partial charge in [0.2, 0.25) is 0 Å². The molecule has 0 radical (unpaired) electrons. The summed E-state index contributed by atoms with van der Waals surface area (Å²) in [5.41, 5.74) is 1.09. The van der Waals surface area contributed by atoms with Crippen LogP contribution in [-0.4, -0.2) is 25.2 Å². The third-order valence-electron chi connectivity index (χ3n) is 3.30. The number of benzene rings is 1. The normalized spacial score (nSPS) is 25.1. The first-order chi connectivity index (χ1) is 8.11. The van der Waals surface area contributed by atoms with Crippen molar-refractivity contribution in [2.45, 2.75) is 32.4 Å². The summed E-state index contributed by atoms with van der Waals surface area (Å²) >= 11 is 12.2. The zero-order valence-electron chi connectivity index (χ0n) is 10.2. The first-order valence-electron chi connectivity index (χ1n) is 6.07. The fourth-order valence-corrected chi connectivity index (χ4v) is 2.85. The molecule has 1 aliphatic rings. The van der Waals surface area contributed by atoms with Crippen molar-refractivity contribution >= 4 is 28.9 Å². The topological polar surface area (TPSA) is 15.3 Å². The summed E-state index contributed by atoms with van der Waals surface area (Å²) in [4.78, 5) is 2.39. The third kappa shape index (κ3) is 2.87. The average molecular weight is 273 g/mol. The maximum Gasteiger partial charge on any atom is 0.0654 e. The summed E-state index contributed by atoms with van der Waals surface area (Å²) < 4.78 is 0. The van der Waals surface area contributed by atoms with E-state index in [1.54, 1.807) is 0 Å². The van der Waals surface area contributed by atoms with Gasteiger partial charge < -0.3 is 10.2 Å². The van der Waals surface area contributed by atoms with Crippen molar-refractivity contribution in [2.75, 3.05) is 18.0 Å². The molecule has 4 heteroatoms. The summed E-state index contributed by atoms with van der Waals surface area (Å²) in [5.74, 6) is 0. The molecule has 1 fully saturated rings. The smallest absolute Gasteiger partial charge is 0.0654 e. The van der Waals surface area contributed by atoms with Crippen LogP contribution in [0.5, 0.6) is 0 Å². The molecule has 0 aliphatic carbocycles. The van der Waals surface area contributed by atoms with Crippen molar-refractivity contribution in [3.8, 4) is 0 Å². The zero-order valence-corrected chi connectivity index (χ0v) is 11.7. The van der Waals surface area contributed by atoms with Crippen molar-refractivity contribution in [3.05, 3.63) is 28.2 Å². The van der Waals surface area contributed by atoms with Crippen LogP contribution in [-0.2, 0) is 0 Å². The molecule has 94 valence electrons. The molecule has 2 unspecified atom stereocenters. The monoisotopic (exact) mass is 272 g/mol. The predicted molar refractivity (Wildman–Crippen MR) is 75.4 cm³/mol. The molecule has 1 saturated heterocycles. The molecule has 2 nitrogen and oxygen atoms in total. The molecule has 1 N–H and O–H groups in total. The minimum Gasteiger partial charge on any atom is -0.365 e.